The Labute approximate surface area is 196 Å². The Morgan fingerprint density at radius 3 is 2.64 bits per heavy atom. The Hall–Kier alpha value is -3.59. The molecule has 3 aromatic rings. The van der Waals surface area contributed by atoms with Crippen LogP contribution in [0.5, 0.6) is 11.5 Å². The molecule has 2 amide bonds. The number of nitrogens with zero attached hydrogens (tertiary/aromatic N) is 4. The average Bonchev–Trinajstić information content (AvgIpc) is 3.58. The van der Waals surface area contributed by atoms with Gasteiger partial charge in [0.15, 0.2) is 0 Å². The minimum atomic E-state index is -0.391. The lowest BCUT2D eigenvalue weighted by Gasteiger charge is -2.26. The zero-order valence-corrected chi connectivity index (χ0v) is 19.8. The van der Waals surface area contributed by atoms with Crippen LogP contribution in [0.3, 0.4) is 0 Å². The molecule has 172 valence electrons. The quantitative estimate of drug-likeness (QED) is 0.534. The van der Waals surface area contributed by atoms with Gasteiger partial charge in [-0.05, 0) is 41.8 Å². The van der Waals surface area contributed by atoms with Gasteiger partial charge in [-0.1, -0.05) is 6.07 Å². The van der Waals surface area contributed by atoms with Crippen LogP contribution in [0.4, 0.5) is 0 Å². The van der Waals surface area contributed by atoms with Crippen LogP contribution in [0.2, 0.25) is 0 Å². The number of aromatic nitrogens is 1. The fourth-order valence-electron chi connectivity index (χ4n) is 3.93. The molecule has 0 fully saturated rings. The van der Waals surface area contributed by atoms with Crippen molar-refractivity contribution in [1.29, 1.82) is 0 Å². The molecule has 33 heavy (non-hydrogen) atoms. The first-order valence-corrected chi connectivity index (χ1v) is 11.3. The van der Waals surface area contributed by atoms with E-state index in [1.807, 2.05) is 59.6 Å². The zero-order chi connectivity index (χ0) is 23.5. The summed E-state index contributed by atoms with van der Waals surface area (Å²) < 4.78 is 13.0. The lowest BCUT2D eigenvalue weighted by molar-refractivity contribution is -0.133. The van der Waals surface area contributed by atoms with Crippen molar-refractivity contribution in [3.05, 3.63) is 70.2 Å². The largest absolute Gasteiger partial charge is 0.497 e. The van der Waals surface area contributed by atoms with E-state index in [1.165, 1.54) is 21.2 Å². The van der Waals surface area contributed by atoms with Gasteiger partial charge in [-0.15, -0.1) is 11.3 Å². The maximum absolute atomic E-state index is 13.4. The number of ether oxygens (including phenoxy) is 2. The minimum Gasteiger partial charge on any atom is -0.497 e. The van der Waals surface area contributed by atoms with E-state index in [9.17, 15) is 9.59 Å². The molecule has 0 aliphatic carbocycles. The van der Waals surface area contributed by atoms with Crippen LogP contribution in [0.15, 0.2) is 59.1 Å². The van der Waals surface area contributed by atoms with E-state index < -0.39 is 6.04 Å². The van der Waals surface area contributed by atoms with Crippen LogP contribution in [0.1, 0.15) is 33.4 Å². The molecule has 0 N–H and O–H groups in total. The summed E-state index contributed by atoms with van der Waals surface area (Å²) in [4.78, 5) is 28.1. The summed E-state index contributed by atoms with van der Waals surface area (Å²) in [5.74, 6) is 0.835. The smallest absolute Gasteiger partial charge is 0.264 e. The summed E-state index contributed by atoms with van der Waals surface area (Å²) in [6.07, 6.45) is 2.45. The zero-order valence-electron chi connectivity index (χ0n) is 19.0. The summed E-state index contributed by atoms with van der Waals surface area (Å²) in [7, 11) is 6.76. The molecule has 1 aliphatic rings. The van der Waals surface area contributed by atoms with Gasteiger partial charge in [0.25, 0.3) is 11.8 Å². The normalized spacial score (nSPS) is 15.3. The summed E-state index contributed by atoms with van der Waals surface area (Å²) in [6.45, 7) is -0.0938. The van der Waals surface area contributed by atoms with Crippen molar-refractivity contribution < 1.29 is 19.1 Å². The Bertz CT molecular complexity index is 1190. The van der Waals surface area contributed by atoms with Gasteiger partial charge in [0.2, 0.25) is 0 Å². The van der Waals surface area contributed by atoms with Gasteiger partial charge in [-0.3, -0.25) is 9.59 Å². The highest BCUT2D eigenvalue weighted by Gasteiger charge is 2.36. The molecule has 3 heterocycles. The number of hydrazone groups is 1. The second-order valence-corrected chi connectivity index (χ2v) is 8.70. The van der Waals surface area contributed by atoms with Crippen molar-refractivity contribution >= 4 is 28.9 Å². The van der Waals surface area contributed by atoms with Crippen molar-refractivity contribution in [1.82, 2.24) is 14.5 Å². The number of aryl methyl sites for hydroxylation is 1. The SMILES string of the molecule is COc1ccc(OC)c([C@H]2CC(c3cccn3C)=NN2C(=O)CN(C)C(=O)c2cccs2)c1. The highest BCUT2D eigenvalue weighted by molar-refractivity contribution is 7.12. The second kappa shape index (κ2) is 9.50. The molecule has 0 bridgehead atoms. The lowest BCUT2D eigenvalue weighted by atomic mass is 9.99. The van der Waals surface area contributed by atoms with E-state index in [2.05, 4.69) is 0 Å². The molecule has 0 saturated carbocycles. The van der Waals surface area contributed by atoms with Gasteiger partial charge in [-0.25, -0.2) is 5.01 Å². The van der Waals surface area contributed by atoms with Gasteiger partial charge in [0.05, 0.1) is 36.5 Å². The summed E-state index contributed by atoms with van der Waals surface area (Å²) in [6, 6.07) is 12.6. The predicted octanol–water partition coefficient (Wildman–Crippen LogP) is 3.55. The third-order valence-corrected chi connectivity index (χ3v) is 6.51. The minimum absolute atomic E-state index is 0.0938. The fraction of sp³-hybridized carbons (Fsp3) is 0.292. The molecule has 0 saturated heterocycles. The molecular weight excluding hydrogens is 440 g/mol. The van der Waals surface area contributed by atoms with Gasteiger partial charge in [-0.2, -0.15) is 5.10 Å². The predicted molar refractivity (Wildman–Crippen MR) is 127 cm³/mol. The highest BCUT2D eigenvalue weighted by atomic mass is 32.1. The van der Waals surface area contributed by atoms with Gasteiger partial charge < -0.3 is 18.9 Å². The van der Waals surface area contributed by atoms with Crippen LogP contribution in [-0.2, 0) is 11.8 Å². The van der Waals surface area contributed by atoms with Gasteiger partial charge in [0.1, 0.15) is 18.0 Å². The van der Waals surface area contributed by atoms with E-state index in [0.717, 1.165) is 17.0 Å². The van der Waals surface area contributed by atoms with Crippen LogP contribution < -0.4 is 9.47 Å². The molecule has 4 rings (SSSR count). The number of methoxy groups -OCH3 is 2. The first-order chi connectivity index (χ1) is 15.9. The number of hydrogen-bond donors (Lipinski definition) is 0. The number of rotatable bonds is 7. The number of thiophene rings is 1. The number of likely N-dealkylation sites (N-methyl/N-ethyl adjacent to an activating group) is 1. The van der Waals surface area contributed by atoms with Crippen molar-refractivity contribution in [3.8, 4) is 11.5 Å². The number of carbonyl (C=O) groups excluding carboxylic acids is 2. The molecular formula is C24H26N4O4S. The van der Waals surface area contributed by atoms with E-state index >= 15 is 0 Å². The van der Waals surface area contributed by atoms with Crippen molar-refractivity contribution in [2.24, 2.45) is 12.1 Å². The summed E-state index contributed by atoms with van der Waals surface area (Å²) >= 11 is 1.35. The standard InChI is InChI=1S/C24H26N4O4S/c1-26-11-5-7-19(26)18-14-20(17-13-16(31-3)9-10-21(17)32-4)28(25-18)23(29)15-27(2)24(30)22-8-6-12-33-22/h5-13,20H,14-15H2,1-4H3/t20-/m1/s1. The molecule has 0 unspecified atom stereocenters. The van der Waals surface area contributed by atoms with Crippen molar-refractivity contribution in [2.75, 3.05) is 27.8 Å². The third kappa shape index (κ3) is 4.49. The number of amides is 2. The number of carbonyl (C=O) groups is 2. The van der Waals surface area contributed by atoms with Crippen LogP contribution in [-0.4, -0.2) is 59.8 Å². The molecule has 1 aromatic carbocycles. The molecule has 8 nitrogen and oxygen atoms in total. The third-order valence-electron chi connectivity index (χ3n) is 5.65. The first-order valence-electron chi connectivity index (χ1n) is 10.4. The summed E-state index contributed by atoms with van der Waals surface area (Å²) in [5.41, 5.74) is 2.52. The number of benzene rings is 1. The topological polar surface area (TPSA) is 76.4 Å². The molecule has 1 aliphatic heterocycles. The van der Waals surface area contributed by atoms with Crippen molar-refractivity contribution in [2.45, 2.75) is 12.5 Å². The Balaban J connectivity index is 1.67. The molecule has 0 radical (unpaired) electrons. The van der Waals surface area contributed by atoms with E-state index in [1.54, 1.807) is 27.3 Å². The Morgan fingerprint density at radius 2 is 2.00 bits per heavy atom. The average molecular weight is 467 g/mol. The molecule has 9 heteroatoms. The second-order valence-electron chi connectivity index (χ2n) is 7.76. The summed E-state index contributed by atoms with van der Waals surface area (Å²) in [5, 5.41) is 8.01. The molecule has 1 atom stereocenters. The maximum atomic E-state index is 13.4. The van der Waals surface area contributed by atoms with E-state index in [-0.39, 0.29) is 18.4 Å². The maximum Gasteiger partial charge on any atom is 0.264 e. The Kier molecular flexibility index (Phi) is 6.50. The van der Waals surface area contributed by atoms with Crippen LogP contribution >= 0.6 is 11.3 Å². The lowest BCUT2D eigenvalue weighted by Crippen LogP contribution is -2.39. The molecule has 0 spiro atoms. The number of hydrogen-bond acceptors (Lipinski definition) is 6. The van der Waals surface area contributed by atoms with Crippen molar-refractivity contribution in [3.63, 3.8) is 0 Å². The van der Waals surface area contributed by atoms with Crippen LogP contribution in [0, 0.1) is 0 Å². The van der Waals surface area contributed by atoms with Gasteiger partial charge in [0, 0.05) is 32.3 Å². The van der Waals surface area contributed by atoms with Crippen LogP contribution in [0.25, 0.3) is 0 Å². The van der Waals surface area contributed by atoms with Gasteiger partial charge >= 0.3 is 0 Å². The molecule has 2 aromatic heterocycles. The van der Waals surface area contributed by atoms with E-state index in [4.69, 9.17) is 14.6 Å². The van der Waals surface area contributed by atoms with E-state index in [0.29, 0.717) is 22.8 Å². The monoisotopic (exact) mass is 466 g/mol. The Morgan fingerprint density at radius 1 is 1.18 bits per heavy atom. The highest BCUT2D eigenvalue weighted by Crippen LogP contribution is 2.39. The first kappa shape index (κ1) is 22.6. The fourth-order valence-corrected chi connectivity index (χ4v) is 4.65.